The third kappa shape index (κ3) is 3.43. The van der Waals surface area contributed by atoms with Gasteiger partial charge in [-0.1, -0.05) is 0 Å². The van der Waals surface area contributed by atoms with Crippen LogP contribution in [0.4, 0.5) is 5.69 Å². The van der Waals surface area contributed by atoms with Crippen LogP contribution in [0.2, 0.25) is 0 Å². The number of hydrogen-bond acceptors (Lipinski definition) is 8. The van der Waals surface area contributed by atoms with E-state index >= 15 is 0 Å². The number of fused-ring (bicyclic) bond motifs is 1. The second kappa shape index (κ2) is 7.62. The maximum Gasteiger partial charge on any atom is 0.345 e. The smallest absolute Gasteiger partial charge is 0.345 e. The number of aromatic amines is 1. The normalized spacial score (nSPS) is 27.3. The van der Waals surface area contributed by atoms with Crippen molar-refractivity contribution in [3.63, 3.8) is 0 Å². The first kappa shape index (κ1) is 19.6. The van der Waals surface area contributed by atoms with E-state index in [4.69, 9.17) is 14.3 Å². The predicted octanol–water partition coefficient (Wildman–Crippen LogP) is 0.308. The Balaban J connectivity index is 1.66. The van der Waals surface area contributed by atoms with E-state index in [1.165, 1.54) is 0 Å². The molecule has 0 spiro atoms. The molecule has 154 valence electrons. The van der Waals surface area contributed by atoms with Crippen molar-refractivity contribution in [3.8, 4) is 11.3 Å². The molecule has 2 aromatic heterocycles. The van der Waals surface area contributed by atoms with Crippen molar-refractivity contribution < 1.29 is 29.6 Å². The molecule has 3 aromatic rings. The van der Waals surface area contributed by atoms with Gasteiger partial charge in [0.15, 0.2) is 6.29 Å². The van der Waals surface area contributed by atoms with E-state index in [1.807, 2.05) is 6.92 Å². The van der Waals surface area contributed by atoms with Crippen LogP contribution in [0, 0.1) is 6.92 Å². The van der Waals surface area contributed by atoms with E-state index in [1.54, 1.807) is 36.5 Å². The highest BCUT2D eigenvalue weighted by Gasteiger charge is 2.43. The second-order valence-electron chi connectivity index (χ2n) is 7.08. The van der Waals surface area contributed by atoms with Gasteiger partial charge in [-0.3, -0.25) is 0 Å². The lowest BCUT2D eigenvalue weighted by Gasteiger charge is -2.40. The maximum atomic E-state index is 12.5. The Hall–Kier alpha value is -2.69. The zero-order valence-corrected chi connectivity index (χ0v) is 15.6. The number of rotatable bonds is 4. The van der Waals surface area contributed by atoms with Gasteiger partial charge in [-0.25, -0.2) is 4.79 Å². The van der Waals surface area contributed by atoms with Crippen LogP contribution < -0.4 is 10.9 Å². The lowest BCUT2D eigenvalue weighted by molar-refractivity contribution is -0.245. The predicted molar refractivity (Wildman–Crippen MR) is 104 cm³/mol. The number of ether oxygens (including phenoxy) is 1. The maximum absolute atomic E-state index is 12.5. The Labute approximate surface area is 165 Å². The molecule has 29 heavy (non-hydrogen) atoms. The molecule has 1 saturated heterocycles. The molecule has 0 amide bonds. The molecule has 1 aliphatic rings. The van der Waals surface area contributed by atoms with Crippen LogP contribution in [-0.4, -0.2) is 62.7 Å². The first-order valence-electron chi connectivity index (χ1n) is 9.19. The lowest BCUT2D eigenvalue weighted by atomic mass is 9.96. The van der Waals surface area contributed by atoms with Gasteiger partial charge >= 0.3 is 5.63 Å². The molecule has 3 unspecified atom stereocenters. The Morgan fingerprint density at radius 1 is 1.17 bits per heavy atom. The molecule has 0 bridgehead atoms. The van der Waals surface area contributed by atoms with Crippen LogP contribution in [0.1, 0.15) is 5.56 Å². The SMILES string of the molecule is Cc1c(-c2ccc[nH]2)c(=O)oc2cc(N[C@@H]3C(O)OC(CO)[C@@H](O)C3O)ccc12. The van der Waals surface area contributed by atoms with E-state index < -0.39 is 42.9 Å². The monoisotopic (exact) mass is 402 g/mol. The summed E-state index contributed by atoms with van der Waals surface area (Å²) >= 11 is 0. The molecule has 5 atom stereocenters. The van der Waals surface area contributed by atoms with Crippen molar-refractivity contribution in [1.29, 1.82) is 0 Å². The quantitative estimate of drug-likeness (QED) is 0.342. The number of hydrogen-bond donors (Lipinski definition) is 6. The van der Waals surface area contributed by atoms with E-state index in [0.717, 1.165) is 10.9 Å². The van der Waals surface area contributed by atoms with Gasteiger partial charge in [0, 0.05) is 23.3 Å². The summed E-state index contributed by atoms with van der Waals surface area (Å²) in [6.45, 7) is 1.29. The number of benzene rings is 1. The topological polar surface area (TPSA) is 148 Å². The molecule has 0 radical (unpaired) electrons. The zero-order valence-electron chi connectivity index (χ0n) is 15.6. The molecule has 1 fully saturated rings. The number of nitrogens with one attached hydrogen (secondary N) is 2. The number of aryl methyl sites for hydroxylation is 1. The van der Waals surface area contributed by atoms with Crippen LogP contribution in [0.25, 0.3) is 22.2 Å². The van der Waals surface area contributed by atoms with Gasteiger partial charge in [0.05, 0.1) is 17.9 Å². The summed E-state index contributed by atoms with van der Waals surface area (Å²) in [5, 5.41) is 43.2. The number of aliphatic hydroxyl groups is 4. The minimum atomic E-state index is -1.45. The van der Waals surface area contributed by atoms with Crippen molar-refractivity contribution in [1.82, 2.24) is 4.98 Å². The van der Waals surface area contributed by atoms with Crippen LogP contribution in [0.15, 0.2) is 45.7 Å². The molecule has 0 aliphatic carbocycles. The van der Waals surface area contributed by atoms with Crippen LogP contribution in [0.5, 0.6) is 0 Å². The molecule has 0 saturated carbocycles. The summed E-state index contributed by atoms with van der Waals surface area (Å²) in [5.41, 5.74) is 2.17. The summed E-state index contributed by atoms with van der Waals surface area (Å²) in [6.07, 6.45) is -3.56. The number of aromatic nitrogens is 1. The van der Waals surface area contributed by atoms with Crippen molar-refractivity contribution in [3.05, 3.63) is 52.5 Å². The fourth-order valence-corrected chi connectivity index (χ4v) is 3.69. The minimum absolute atomic E-state index is 0.335. The van der Waals surface area contributed by atoms with Crippen molar-refractivity contribution >= 4 is 16.7 Å². The summed E-state index contributed by atoms with van der Waals surface area (Å²) in [6, 6.07) is 7.58. The first-order valence-corrected chi connectivity index (χ1v) is 9.19. The Morgan fingerprint density at radius 2 is 1.97 bits per heavy atom. The number of aliphatic hydroxyl groups excluding tert-OH is 4. The number of anilines is 1. The van der Waals surface area contributed by atoms with Gasteiger partial charge in [-0.2, -0.15) is 0 Å². The third-order valence-electron chi connectivity index (χ3n) is 5.27. The first-order chi connectivity index (χ1) is 13.9. The largest absolute Gasteiger partial charge is 0.422 e. The van der Waals surface area contributed by atoms with Crippen LogP contribution in [-0.2, 0) is 4.74 Å². The van der Waals surface area contributed by atoms with Gasteiger partial charge in [0.2, 0.25) is 0 Å². The van der Waals surface area contributed by atoms with E-state index in [-0.39, 0.29) is 0 Å². The van der Waals surface area contributed by atoms with E-state index in [9.17, 15) is 20.1 Å². The van der Waals surface area contributed by atoms with E-state index in [0.29, 0.717) is 22.5 Å². The highest BCUT2D eigenvalue weighted by atomic mass is 16.6. The van der Waals surface area contributed by atoms with Crippen LogP contribution in [0.3, 0.4) is 0 Å². The highest BCUT2D eigenvalue weighted by molar-refractivity contribution is 5.88. The fraction of sp³-hybridized carbons (Fsp3) is 0.350. The minimum Gasteiger partial charge on any atom is -0.422 e. The molecule has 1 aliphatic heterocycles. The van der Waals surface area contributed by atoms with Crippen molar-refractivity contribution in [2.24, 2.45) is 0 Å². The molecule has 9 nitrogen and oxygen atoms in total. The summed E-state index contributed by atoms with van der Waals surface area (Å²) in [4.78, 5) is 15.5. The average Bonchev–Trinajstić information content (AvgIpc) is 3.22. The van der Waals surface area contributed by atoms with Crippen molar-refractivity contribution in [2.45, 2.75) is 37.6 Å². The highest BCUT2D eigenvalue weighted by Crippen LogP contribution is 2.29. The van der Waals surface area contributed by atoms with Crippen molar-refractivity contribution in [2.75, 3.05) is 11.9 Å². The molecule has 1 aromatic carbocycles. The van der Waals surface area contributed by atoms with Gasteiger partial charge in [0.1, 0.15) is 29.9 Å². The molecule has 9 heteroatoms. The fourth-order valence-electron chi connectivity index (χ4n) is 3.69. The van der Waals surface area contributed by atoms with Gasteiger partial charge in [-0.15, -0.1) is 0 Å². The molecular formula is C20H22N2O7. The third-order valence-corrected chi connectivity index (χ3v) is 5.27. The Morgan fingerprint density at radius 3 is 2.66 bits per heavy atom. The second-order valence-corrected chi connectivity index (χ2v) is 7.08. The Bertz CT molecular complexity index is 1060. The zero-order chi connectivity index (χ0) is 20.7. The molecule has 6 N–H and O–H groups in total. The molecule has 4 rings (SSSR count). The summed E-state index contributed by atoms with van der Waals surface area (Å²) < 4.78 is 10.6. The number of H-pyrrole nitrogens is 1. The van der Waals surface area contributed by atoms with Gasteiger partial charge in [0.25, 0.3) is 0 Å². The summed E-state index contributed by atoms with van der Waals surface area (Å²) in [5.74, 6) is 0. The lowest BCUT2D eigenvalue weighted by Crippen LogP contribution is -2.61. The Kier molecular flexibility index (Phi) is 5.15. The summed E-state index contributed by atoms with van der Waals surface area (Å²) in [7, 11) is 0. The van der Waals surface area contributed by atoms with E-state index in [2.05, 4.69) is 10.3 Å². The standard InChI is InChI=1S/C20H22N2O7/c1-9-11-5-4-10(22-16-18(25)17(24)14(8-23)29-20(16)27)7-13(11)28-19(26)15(9)12-3-2-6-21-12/h2-7,14,16-18,20-25,27H,8H2,1H3/t14?,16-,17+,18?,20?/m0/s1. The molecule has 3 heterocycles. The van der Waals surface area contributed by atoms with Crippen LogP contribution >= 0.6 is 0 Å². The van der Waals surface area contributed by atoms with Gasteiger partial charge in [-0.05, 0) is 36.8 Å². The van der Waals surface area contributed by atoms with Gasteiger partial charge < -0.3 is 39.9 Å². The average molecular weight is 402 g/mol. The molecular weight excluding hydrogens is 380 g/mol.